The van der Waals surface area contributed by atoms with Crippen molar-refractivity contribution in [1.82, 2.24) is 25.6 Å². The standard InChI is InChI=1S/C16H24N6O2/c1-4-23-10-15-18-13-6-8-17-7-5-12(13)16(19-15)22(3)9-14-11(2)20-24-21-14/h17H,4-10H2,1-3H3. The second kappa shape index (κ2) is 7.67. The highest BCUT2D eigenvalue weighted by atomic mass is 16.6. The number of hydrogen-bond donors (Lipinski definition) is 1. The minimum absolute atomic E-state index is 0.433. The number of anilines is 1. The van der Waals surface area contributed by atoms with E-state index >= 15 is 0 Å². The van der Waals surface area contributed by atoms with Crippen LogP contribution < -0.4 is 10.2 Å². The molecule has 0 radical (unpaired) electrons. The van der Waals surface area contributed by atoms with Gasteiger partial charge >= 0.3 is 0 Å². The summed E-state index contributed by atoms with van der Waals surface area (Å²) >= 11 is 0. The lowest BCUT2D eigenvalue weighted by atomic mass is 10.1. The molecule has 0 saturated carbocycles. The summed E-state index contributed by atoms with van der Waals surface area (Å²) in [7, 11) is 2.01. The first-order chi connectivity index (χ1) is 11.7. The van der Waals surface area contributed by atoms with Crippen LogP contribution >= 0.6 is 0 Å². The summed E-state index contributed by atoms with van der Waals surface area (Å²) in [6, 6.07) is 0. The van der Waals surface area contributed by atoms with Crippen LogP contribution in [0.1, 0.15) is 35.4 Å². The molecule has 2 aromatic heterocycles. The van der Waals surface area contributed by atoms with E-state index in [0.29, 0.717) is 19.8 Å². The fraction of sp³-hybridized carbons (Fsp3) is 0.625. The van der Waals surface area contributed by atoms with Gasteiger partial charge in [0.05, 0.1) is 12.2 Å². The number of hydrogen-bond acceptors (Lipinski definition) is 8. The maximum Gasteiger partial charge on any atom is 0.156 e. The quantitative estimate of drug-likeness (QED) is 0.839. The molecule has 8 heteroatoms. The molecule has 0 aromatic carbocycles. The molecule has 0 saturated heterocycles. The molecule has 130 valence electrons. The van der Waals surface area contributed by atoms with Gasteiger partial charge in [0.2, 0.25) is 0 Å². The molecule has 0 atom stereocenters. The summed E-state index contributed by atoms with van der Waals surface area (Å²) in [6.07, 6.45) is 1.82. The molecule has 24 heavy (non-hydrogen) atoms. The van der Waals surface area contributed by atoms with Gasteiger partial charge in [0.15, 0.2) is 5.82 Å². The summed E-state index contributed by atoms with van der Waals surface area (Å²) in [5.41, 5.74) is 3.94. The predicted molar refractivity (Wildman–Crippen MR) is 88.8 cm³/mol. The molecule has 1 aliphatic heterocycles. The van der Waals surface area contributed by atoms with Gasteiger partial charge in [-0.1, -0.05) is 10.3 Å². The monoisotopic (exact) mass is 332 g/mol. The van der Waals surface area contributed by atoms with Crippen LogP contribution in [0.3, 0.4) is 0 Å². The van der Waals surface area contributed by atoms with Crippen LogP contribution in [-0.4, -0.2) is 47.0 Å². The van der Waals surface area contributed by atoms with Crippen LogP contribution in [0.2, 0.25) is 0 Å². The van der Waals surface area contributed by atoms with Crippen molar-refractivity contribution in [2.75, 3.05) is 31.6 Å². The predicted octanol–water partition coefficient (Wildman–Crippen LogP) is 1.03. The first-order valence-corrected chi connectivity index (χ1v) is 8.35. The Morgan fingerprint density at radius 1 is 1.21 bits per heavy atom. The van der Waals surface area contributed by atoms with E-state index in [0.717, 1.165) is 54.7 Å². The summed E-state index contributed by atoms with van der Waals surface area (Å²) in [5.74, 6) is 1.68. The van der Waals surface area contributed by atoms with Gasteiger partial charge in [-0.25, -0.2) is 14.6 Å². The number of fused-ring (bicyclic) bond motifs is 1. The number of ether oxygens (including phenoxy) is 1. The third-order valence-electron chi connectivity index (χ3n) is 4.14. The van der Waals surface area contributed by atoms with E-state index in [4.69, 9.17) is 19.3 Å². The number of nitrogens with zero attached hydrogens (tertiary/aromatic N) is 5. The zero-order valence-corrected chi connectivity index (χ0v) is 14.5. The van der Waals surface area contributed by atoms with Crippen LogP contribution in [0, 0.1) is 6.92 Å². The third-order valence-corrected chi connectivity index (χ3v) is 4.14. The Kier molecular flexibility index (Phi) is 5.37. The van der Waals surface area contributed by atoms with Gasteiger partial charge in [0.1, 0.15) is 23.8 Å². The van der Waals surface area contributed by atoms with Gasteiger partial charge in [0.25, 0.3) is 0 Å². The number of nitrogens with one attached hydrogen (secondary N) is 1. The second-order valence-corrected chi connectivity index (χ2v) is 5.93. The van der Waals surface area contributed by atoms with Crippen LogP contribution in [0.15, 0.2) is 4.63 Å². The summed E-state index contributed by atoms with van der Waals surface area (Å²) in [6.45, 7) is 7.42. The SMILES string of the molecule is CCOCc1nc2c(c(N(C)Cc3nonc3C)n1)CCNCC2. The molecule has 3 rings (SSSR count). The van der Waals surface area contributed by atoms with Gasteiger partial charge in [-0.2, -0.15) is 0 Å². The third kappa shape index (κ3) is 3.70. The Labute approximate surface area is 141 Å². The molecule has 0 amide bonds. The van der Waals surface area contributed by atoms with E-state index in [-0.39, 0.29) is 0 Å². The van der Waals surface area contributed by atoms with Gasteiger partial charge in [-0.05, 0) is 26.8 Å². The highest BCUT2D eigenvalue weighted by Crippen LogP contribution is 2.24. The largest absolute Gasteiger partial charge is 0.374 e. The van der Waals surface area contributed by atoms with Crippen LogP contribution in [0.4, 0.5) is 5.82 Å². The van der Waals surface area contributed by atoms with Crippen molar-refractivity contribution in [3.05, 3.63) is 28.5 Å². The molecular formula is C16H24N6O2. The minimum Gasteiger partial charge on any atom is -0.374 e. The Hall–Kier alpha value is -2.06. The first kappa shape index (κ1) is 16.8. The average Bonchev–Trinajstić information content (AvgIpc) is 2.84. The van der Waals surface area contributed by atoms with Crippen LogP contribution in [0.5, 0.6) is 0 Å². The highest BCUT2D eigenvalue weighted by molar-refractivity contribution is 5.50. The van der Waals surface area contributed by atoms with Gasteiger partial charge in [0, 0.05) is 32.2 Å². The van der Waals surface area contributed by atoms with Gasteiger partial charge < -0.3 is 15.0 Å². The van der Waals surface area contributed by atoms with Crippen molar-refractivity contribution in [2.45, 2.75) is 39.8 Å². The Balaban J connectivity index is 1.92. The van der Waals surface area contributed by atoms with Crippen molar-refractivity contribution in [1.29, 1.82) is 0 Å². The van der Waals surface area contributed by atoms with E-state index in [1.54, 1.807) is 0 Å². The fourth-order valence-corrected chi connectivity index (χ4v) is 2.84. The zero-order valence-electron chi connectivity index (χ0n) is 14.5. The van der Waals surface area contributed by atoms with Gasteiger partial charge in [-0.15, -0.1) is 0 Å². The minimum atomic E-state index is 0.433. The average molecular weight is 332 g/mol. The second-order valence-electron chi connectivity index (χ2n) is 5.93. The van der Waals surface area contributed by atoms with E-state index in [1.165, 1.54) is 5.56 Å². The summed E-state index contributed by atoms with van der Waals surface area (Å²) < 4.78 is 10.3. The Bertz CT molecular complexity index is 687. The fourth-order valence-electron chi connectivity index (χ4n) is 2.84. The van der Waals surface area contributed by atoms with Crippen molar-refractivity contribution in [2.24, 2.45) is 0 Å². The topological polar surface area (TPSA) is 89.2 Å². The molecule has 1 aliphatic rings. The van der Waals surface area contributed by atoms with E-state index in [2.05, 4.69) is 20.5 Å². The normalized spacial score (nSPS) is 14.3. The summed E-state index contributed by atoms with van der Waals surface area (Å²) in [4.78, 5) is 11.6. The molecule has 2 aromatic rings. The maximum atomic E-state index is 5.51. The van der Waals surface area contributed by atoms with E-state index < -0.39 is 0 Å². The lowest BCUT2D eigenvalue weighted by Gasteiger charge is -2.22. The van der Waals surface area contributed by atoms with Crippen molar-refractivity contribution < 1.29 is 9.37 Å². The number of rotatable bonds is 6. The molecule has 0 unspecified atom stereocenters. The lowest BCUT2D eigenvalue weighted by molar-refractivity contribution is 0.128. The van der Waals surface area contributed by atoms with Crippen molar-refractivity contribution in [3.8, 4) is 0 Å². The lowest BCUT2D eigenvalue weighted by Crippen LogP contribution is -2.23. The van der Waals surface area contributed by atoms with Crippen LogP contribution in [0.25, 0.3) is 0 Å². The van der Waals surface area contributed by atoms with Crippen LogP contribution in [-0.2, 0) is 30.7 Å². The molecular weight excluding hydrogens is 308 g/mol. The van der Waals surface area contributed by atoms with Crippen molar-refractivity contribution >= 4 is 5.82 Å². The molecule has 1 N–H and O–H groups in total. The van der Waals surface area contributed by atoms with E-state index in [1.807, 2.05) is 20.9 Å². The first-order valence-electron chi connectivity index (χ1n) is 8.35. The number of aromatic nitrogens is 4. The smallest absolute Gasteiger partial charge is 0.156 e. The highest BCUT2D eigenvalue weighted by Gasteiger charge is 2.20. The molecule has 8 nitrogen and oxygen atoms in total. The zero-order chi connectivity index (χ0) is 16.9. The molecule has 0 fully saturated rings. The molecule has 0 aliphatic carbocycles. The summed E-state index contributed by atoms with van der Waals surface area (Å²) in [5, 5.41) is 11.2. The van der Waals surface area contributed by atoms with Crippen molar-refractivity contribution in [3.63, 3.8) is 0 Å². The molecule has 3 heterocycles. The Morgan fingerprint density at radius 3 is 2.79 bits per heavy atom. The molecule has 0 bridgehead atoms. The molecule has 0 spiro atoms. The van der Waals surface area contributed by atoms with Gasteiger partial charge in [-0.3, -0.25) is 0 Å². The number of aryl methyl sites for hydroxylation is 1. The van der Waals surface area contributed by atoms with E-state index in [9.17, 15) is 0 Å². The maximum absolute atomic E-state index is 5.51. The Morgan fingerprint density at radius 2 is 2.04 bits per heavy atom.